The molecule has 8 rings (SSSR count). The van der Waals surface area contributed by atoms with Crippen LogP contribution >= 0.6 is 0 Å². The topological polar surface area (TPSA) is 565 Å². The van der Waals surface area contributed by atoms with E-state index in [1.165, 1.54) is 0 Å². The Labute approximate surface area is 446 Å². The standard InChI is InChI=1S/C40H26N4O28S8/c45-29-13-23(77(61,62)63)3-15-1-21(75(55,56)57)11-27(35(15)29)41-43-37-31(79(67,68)69)7-17-5-19(73(49,50)51)9-25(33(17)39(37)47)26-10-20(74(52,53)54)6-18-8-32(80(70,71)72)38(40(48)34(18)26)44-42-28-12-22(76(58,59)60)2-16-4-24(78(64,65)66)14-30(46)36(16)28/h1-14,45-48H,(H,49,50,51)(H,52,53,54)(H,55,56,57)(H,58,59,60)(H,61,62,63)(H,64,65,66)(H,67,68,69)(H,70,71,72). The van der Waals surface area contributed by atoms with Crippen LogP contribution in [-0.2, 0) is 80.9 Å². The summed E-state index contributed by atoms with van der Waals surface area (Å²) >= 11 is 0. The summed E-state index contributed by atoms with van der Waals surface area (Å²) in [7, 11) is -43.8. The highest BCUT2D eigenvalue weighted by molar-refractivity contribution is 7.87. The molecule has 0 spiro atoms. The minimum atomic E-state index is -5.80. The fraction of sp³-hybridized carbons (Fsp3) is 0. The van der Waals surface area contributed by atoms with Crippen molar-refractivity contribution >= 4 is 147 Å². The predicted octanol–water partition coefficient (Wildman–Crippen LogP) is 5.59. The number of aromatic hydroxyl groups is 4. The van der Waals surface area contributed by atoms with Gasteiger partial charge in [-0.1, -0.05) is 0 Å². The van der Waals surface area contributed by atoms with Crippen molar-refractivity contribution in [2.75, 3.05) is 0 Å². The number of rotatable bonds is 13. The number of hydrogen-bond acceptors (Lipinski definition) is 24. The first-order chi connectivity index (χ1) is 36.3. The molecule has 12 N–H and O–H groups in total. The van der Waals surface area contributed by atoms with Crippen molar-refractivity contribution in [2.45, 2.75) is 39.2 Å². The average Bonchev–Trinajstić information content (AvgIpc) is 3.39. The lowest BCUT2D eigenvalue weighted by atomic mass is 9.92. The fourth-order valence-electron chi connectivity index (χ4n) is 8.02. The van der Waals surface area contributed by atoms with Gasteiger partial charge in [-0.15, -0.1) is 20.5 Å². The number of fused-ring (bicyclic) bond motifs is 4. The SMILES string of the molecule is O=S(=O)(O)c1cc(O)c2c(N=Nc3c(S(=O)(=O)O)cc4cc(S(=O)(=O)O)cc(-c5cc(S(=O)(=O)O)cc6cc(S(=O)(=O)O)c(N=Nc7cc(S(=O)(=O)O)cc8cc(S(=O)(=O)O)cc(O)c78)c(O)c56)c4c3O)cc(S(=O)(=O)O)cc2c1. The van der Waals surface area contributed by atoms with Crippen molar-refractivity contribution in [1.82, 2.24) is 0 Å². The molecule has 0 saturated carbocycles. The Balaban J connectivity index is 1.52. The van der Waals surface area contributed by atoms with Gasteiger partial charge in [0.05, 0.1) is 51.5 Å². The molecule has 8 aromatic carbocycles. The van der Waals surface area contributed by atoms with Crippen LogP contribution in [0, 0.1) is 0 Å². The van der Waals surface area contributed by atoms with Gasteiger partial charge in [0, 0.05) is 22.9 Å². The van der Waals surface area contributed by atoms with Gasteiger partial charge < -0.3 is 20.4 Å². The third kappa shape index (κ3) is 11.2. The molecule has 8 aromatic rings. The second kappa shape index (κ2) is 19.1. The van der Waals surface area contributed by atoms with E-state index in [1.807, 2.05) is 0 Å². The third-order valence-electron chi connectivity index (χ3n) is 11.3. The monoisotopic (exact) mass is 1270 g/mol. The van der Waals surface area contributed by atoms with Crippen LogP contribution in [0.5, 0.6) is 23.0 Å². The number of phenolic OH excluding ortho intramolecular Hbond substituents is 4. The zero-order chi connectivity index (χ0) is 59.7. The van der Waals surface area contributed by atoms with Crippen molar-refractivity contribution in [1.29, 1.82) is 0 Å². The highest BCUT2D eigenvalue weighted by Crippen LogP contribution is 2.52. The lowest BCUT2D eigenvalue weighted by Crippen LogP contribution is -2.04. The van der Waals surface area contributed by atoms with Crippen molar-refractivity contribution < 1.29 is 124 Å². The van der Waals surface area contributed by atoms with Crippen LogP contribution in [-0.4, -0.2) is 124 Å². The highest BCUT2D eigenvalue weighted by atomic mass is 32.2. The molecular weight excluding hydrogens is 1240 g/mol. The first-order valence-corrected chi connectivity index (χ1v) is 31.8. The Bertz CT molecular complexity index is 4870. The van der Waals surface area contributed by atoms with Crippen LogP contribution in [0.25, 0.3) is 54.2 Å². The molecule has 0 atom stereocenters. The Morgan fingerprint density at radius 2 is 0.500 bits per heavy atom. The molecule has 0 aromatic heterocycles. The fourth-order valence-corrected chi connectivity index (χ4v) is 12.6. The van der Waals surface area contributed by atoms with Gasteiger partial charge in [0.25, 0.3) is 80.9 Å². The minimum absolute atomic E-state index is 0.309. The molecule has 0 aliphatic carbocycles. The number of hydrogen-bond donors (Lipinski definition) is 12. The van der Waals surface area contributed by atoms with Crippen molar-refractivity contribution in [3.05, 3.63) is 84.9 Å². The maximum atomic E-state index is 13.0. The van der Waals surface area contributed by atoms with Crippen LogP contribution in [0.4, 0.5) is 22.7 Å². The molecular formula is C40H26N4O28S8. The van der Waals surface area contributed by atoms with E-state index in [-0.39, 0.29) is 0 Å². The number of azo groups is 2. The Hall–Kier alpha value is -7.52. The predicted molar refractivity (Wildman–Crippen MR) is 268 cm³/mol. The first-order valence-electron chi connectivity index (χ1n) is 20.3. The third-order valence-corrected chi connectivity index (χ3v) is 18.0. The summed E-state index contributed by atoms with van der Waals surface area (Å²) in [6.07, 6.45) is 0. The van der Waals surface area contributed by atoms with Crippen molar-refractivity contribution in [2.24, 2.45) is 20.5 Å². The normalized spacial score (nSPS) is 13.7. The summed E-state index contributed by atoms with van der Waals surface area (Å²) in [6.45, 7) is 0. The van der Waals surface area contributed by atoms with E-state index in [0.717, 1.165) is 0 Å². The van der Waals surface area contributed by atoms with E-state index in [4.69, 9.17) is 0 Å². The molecule has 0 fully saturated rings. The van der Waals surface area contributed by atoms with E-state index in [9.17, 15) is 124 Å². The average molecular weight is 1270 g/mol. The Morgan fingerprint density at radius 3 is 0.750 bits per heavy atom. The van der Waals surface area contributed by atoms with Gasteiger partial charge in [0.2, 0.25) is 0 Å². The summed E-state index contributed by atoms with van der Waals surface area (Å²) in [5.41, 5.74) is -6.90. The summed E-state index contributed by atoms with van der Waals surface area (Å²) in [4.78, 5) is -10.1. The van der Waals surface area contributed by atoms with Gasteiger partial charge in [-0.25, -0.2) is 0 Å². The summed E-state index contributed by atoms with van der Waals surface area (Å²) in [6, 6.07) is 6.04. The smallest absolute Gasteiger partial charge is 0.296 e. The number of benzene rings is 8. The molecule has 0 saturated heterocycles. The lowest BCUT2D eigenvalue weighted by Gasteiger charge is -2.18. The first kappa shape index (κ1) is 58.6. The molecule has 0 amide bonds. The quantitative estimate of drug-likeness (QED) is 0.0494. The van der Waals surface area contributed by atoms with Crippen molar-refractivity contribution in [3.8, 4) is 34.1 Å². The molecule has 0 unspecified atom stereocenters. The molecule has 0 heterocycles. The van der Waals surface area contributed by atoms with Gasteiger partial charge in [0.1, 0.15) is 32.7 Å². The van der Waals surface area contributed by atoms with Gasteiger partial charge in [-0.05, 0) is 105 Å². The number of nitrogens with zero attached hydrogens (tertiary/aromatic N) is 4. The molecule has 0 bridgehead atoms. The van der Waals surface area contributed by atoms with Crippen molar-refractivity contribution in [3.63, 3.8) is 0 Å². The van der Waals surface area contributed by atoms with E-state index in [2.05, 4.69) is 20.5 Å². The largest absolute Gasteiger partial charge is 0.507 e. The van der Waals surface area contributed by atoms with Gasteiger partial charge in [0.15, 0.2) is 11.5 Å². The molecule has 80 heavy (non-hydrogen) atoms. The van der Waals surface area contributed by atoms with Gasteiger partial charge in [-0.2, -0.15) is 67.3 Å². The number of phenols is 4. The van der Waals surface area contributed by atoms with Crippen LogP contribution in [0.2, 0.25) is 0 Å². The molecule has 40 heteroatoms. The van der Waals surface area contributed by atoms with E-state index in [1.54, 1.807) is 0 Å². The van der Waals surface area contributed by atoms with E-state index >= 15 is 0 Å². The van der Waals surface area contributed by atoms with E-state index < -0.39 is 220 Å². The van der Waals surface area contributed by atoms with Crippen LogP contribution in [0.1, 0.15) is 0 Å². The van der Waals surface area contributed by atoms with Gasteiger partial charge in [-0.3, -0.25) is 36.4 Å². The molecule has 32 nitrogen and oxygen atoms in total. The minimum Gasteiger partial charge on any atom is -0.507 e. The highest BCUT2D eigenvalue weighted by Gasteiger charge is 2.31. The Kier molecular flexibility index (Phi) is 14.0. The summed E-state index contributed by atoms with van der Waals surface area (Å²) in [5.74, 6) is -5.47. The zero-order valence-electron chi connectivity index (χ0n) is 38.0. The van der Waals surface area contributed by atoms with Crippen LogP contribution < -0.4 is 0 Å². The lowest BCUT2D eigenvalue weighted by molar-refractivity contribution is 0.470. The van der Waals surface area contributed by atoms with Crippen LogP contribution in [0.15, 0.2) is 145 Å². The van der Waals surface area contributed by atoms with E-state index in [0.29, 0.717) is 84.9 Å². The molecule has 0 aliphatic heterocycles. The maximum Gasteiger partial charge on any atom is 0.296 e. The second-order valence-corrected chi connectivity index (χ2v) is 27.8. The summed E-state index contributed by atoms with van der Waals surface area (Å²) in [5, 5.41) is 53.9. The summed E-state index contributed by atoms with van der Waals surface area (Å²) < 4.78 is 281. The Morgan fingerprint density at radius 1 is 0.263 bits per heavy atom. The molecule has 422 valence electrons. The zero-order valence-corrected chi connectivity index (χ0v) is 44.6. The molecule has 0 aliphatic rings. The van der Waals surface area contributed by atoms with Crippen LogP contribution in [0.3, 0.4) is 0 Å². The maximum absolute atomic E-state index is 13.0. The van der Waals surface area contributed by atoms with Gasteiger partial charge >= 0.3 is 0 Å². The molecule has 0 radical (unpaired) electrons. The second-order valence-electron chi connectivity index (χ2n) is 16.4.